The Morgan fingerprint density at radius 3 is 1.11 bits per heavy atom. The van der Waals surface area contributed by atoms with E-state index in [1.807, 2.05) is 21.1 Å². The molecule has 3 unspecified atom stereocenters. The summed E-state index contributed by atoms with van der Waals surface area (Å²) in [4.78, 5) is 25.7. The van der Waals surface area contributed by atoms with E-state index in [1.165, 1.54) is 199 Å². The van der Waals surface area contributed by atoms with Gasteiger partial charge in [-0.2, -0.15) is 0 Å². The summed E-state index contributed by atoms with van der Waals surface area (Å²) in [5.74, 6) is -0.167. The lowest BCUT2D eigenvalue weighted by Gasteiger charge is -2.30. The van der Waals surface area contributed by atoms with Gasteiger partial charge in [-0.3, -0.25) is 9.36 Å². The Bertz CT molecular complexity index is 1580. The summed E-state index contributed by atoms with van der Waals surface area (Å²) in [5, 5.41) is 14.1. The molecule has 0 radical (unpaired) electrons. The number of unbranched alkanes of at least 4 members (excludes halogenated alkanes) is 35. The first-order valence-corrected chi connectivity index (χ1v) is 35.4. The van der Waals surface area contributed by atoms with Crippen LogP contribution in [0, 0.1) is 0 Å². The van der Waals surface area contributed by atoms with E-state index >= 15 is 0 Å². The molecular weight excluding hydrogens is 1010 g/mol. The number of rotatable bonds is 62. The van der Waals surface area contributed by atoms with E-state index < -0.39 is 20.0 Å². The van der Waals surface area contributed by atoms with Crippen LogP contribution in [0.5, 0.6) is 0 Å². The summed E-state index contributed by atoms with van der Waals surface area (Å²) in [6.45, 7) is 4.64. The maximum absolute atomic E-state index is 13.1. The molecule has 80 heavy (non-hydrogen) atoms. The number of phosphoric acid groups is 1. The van der Waals surface area contributed by atoms with E-state index in [0.717, 1.165) is 83.5 Å². The number of carbonyl (C=O) groups excluding carboxylic acids is 1. The van der Waals surface area contributed by atoms with Crippen molar-refractivity contribution in [3.05, 3.63) is 85.1 Å². The Kier molecular flexibility index (Phi) is 59.5. The molecule has 0 heterocycles. The molecule has 0 bridgehead atoms. The van der Waals surface area contributed by atoms with Gasteiger partial charge in [0.25, 0.3) is 7.82 Å². The summed E-state index contributed by atoms with van der Waals surface area (Å²) in [5.41, 5.74) is 0. The van der Waals surface area contributed by atoms with Gasteiger partial charge in [-0.1, -0.05) is 317 Å². The summed E-state index contributed by atoms with van der Waals surface area (Å²) in [6.07, 6.45) is 86.4. The Morgan fingerprint density at radius 1 is 0.450 bits per heavy atom. The Hall–Kier alpha value is -2.32. The molecule has 0 rings (SSSR count). The molecule has 1 amide bonds. The molecule has 2 N–H and O–H groups in total. The molecule has 0 saturated heterocycles. The topological polar surface area (TPSA) is 108 Å². The third-order valence-corrected chi connectivity index (χ3v) is 16.1. The molecule has 0 saturated carbocycles. The van der Waals surface area contributed by atoms with E-state index in [0.29, 0.717) is 23.9 Å². The highest BCUT2D eigenvalue weighted by atomic mass is 31.2. The molecule has 9 heteroatoms. The predicted octanol–water partition coefficient (Wildman–Crippen LogP) is 20.9. The monoisotopic (exact) mass is 1140 g/mol. The molecule has 0 aromatic heterocycles. The van der Waals surface area contributed by atoms with E-state index in [2.05, 4.69) is 104 Å². The van der Waals surface area contributed by atoms with Gasteiger partial charge >= 0.3 is 0 Å². The molecule has 0 spiro atoms. The number of likely N-dealkylation sites (N-methyl/N-ethyl adjacent to an activating group) is 1. The van der Waals surface area contributed by atoms with Crippen LogP contribution in [0.15, 0.2) is 85.1 Å². The summed E-state index contributed by atoms with van der Waals surface area (Å²) in [7, 11) is 1.30. The van der Waals surface area contributed by atoms with Crippen LogP contribution < -0.4 is 10.2 Å². The SMILES string of the molecule is CC/C=C\C/C=C\C/C=C\C/C=C\C/C=C\C/C=C\C/C=C\CCCCCCCCCCCCCC(=O)NC(COP(=O)([O-])OCC[N+](C)(C)C)C(O)CCCCCCCCCCCCCCCCCCCCCCCCCCC. The lowest BCUT2D eigenvalue weighted by molar-refractivity contribution is -0.870. The standard InChI is InChI=1S/C71H131N2O6P/c1-6-8-10-12-14-16-18-20-22-24-26-28-30-32-33-34-35-36-37-38-39-41-43-45-47-49-51-53-55-57-59-61-63-65-71(75)72-69(68-79-80(76,77)78-67-66-73(3,4)5)70(74)64-62-60-58-56-54-52-50-48-46-44-42-40-31-29-27-25-23-21-19-17-15-13-11-9-7-2/h8,10,14,16,20,22,26,28,32-33,35-36,38-39,69-70,74H,6-7,9,11-13,15,17-19,21,23-25,27,29-31,34,37,40-68H2,1-5H3,(H-,72,75,76,77)/b10-8-,16-14-,22-20-,28-26-,33-32-,36-35-,39-38-. The second kappa shape index (κ2) is 61.2. The van der Waals surface area contributed by atoms with Gasteiger partial charge in [0.15, 0.2) is 0 Å². The average Bonchev–Trinajstić information content (AvgIpc) is 3.42. The highest BCUT2D eigenvalue weighted by Crippen LogP contribution is 2.38. The number of phosphoric ester groups is 1. The zero-order valence-corrected chi connectivity index (χ0v) is 54.2. The first-order valence-electron chi connectivity index (χ1n) is 33.9. The number of allylic oxidation sites excluding steroid dienone is 14. The lowest BCUT2D eigenvalue weighted by Crippen LogP contribution is -2.46. The predicted molar refractivity (Wildman–Crippen MR) is 348 cm³/mol. The van der Waals surface area contributed by atoms with Gasteiger partial charge in [-0.25, -0.2) is 0 Å². The second-order valence-corrected chi connectivity index (χ2v) is 25.6. The van der Waals surface area contributed by atoms with Crippen LogP contribution in [-0.4, -0.2) is 68.5 Å². The molecule has 8 nitrogen and oxygen atoms in total. The van der Waals surface area contributed by atoms with Gasteiger partial charge in [-0.05, 0) is 70.6 Å². The van der Waals surface area contributed by atoms with Gasteiger partial charge in [0, 0.05) is 6.42 Å². The van der Waals surface area contributed by atoms with Crippen LogP contribution in [0.3, 0.4) is 0 Å². The summed E-state index contributed by atoms with van der Waals surface area (Å²) in [6, 6.07) is -0.809. The van der Waals surface area contributed by atoms with Crippen LogP contribution in [0.4, 0.5) is 0 Å². The Morgan fingerprint density at radius 2 is 0.762 bits per heavy atom. The van der Waals surface area contributed by atoms with E-state index in [9.17, 15) is 19.4 Å². The smallest absolute Gasteiger partial charge is 0.268 e. The molecular formula is C71H131N2O6P. The van der Waals surface area contributed by atoms with Gasteiger partial charge in [0.05, 0.1) is 39.9 Å². The number of hydrogen-bond donors (Lipinski definition) is 2. The zero-order valence-electron chi connectivity index (χ0n) is 53.3. The van der Waals surface area contributed by atoms with Crippen molar-refractivity contribution < 1.29 is 32.9 Å². The molecule has 0 aliphatic carbocycles. The largest absolute Gasteiger partial charge is 0.756 e. The minimum atomic E-state index is -4.58. The van der Waals surface area contributed by atoms with Gasteiger partial charge in [0.2, 0.25) is 5.91 Å². The normalized spacial score (nSPS) is 14.2. The van der Waals surface area contributed by atoms with Crippen LogP contribution in [0.2, 0.25) is 0 Å². The number of amides is 1. The molecule has 0 aromatic carbocycles. The molecule has 3 atom stereocenters. The van der Waals surface area contributed by atoms with Crippen molar-refractivity contribution in [2.24, 2.45) is 0 Å². The molecule has 0 aliphatic rings. The van der Waals surface area contributed by atoms with Crippen molar-refractivity contribution in [2.75, 3.05) is 40.9 Å². The van der Waals surface area contributed by atoms with Crippen LogP contribution in [0.25, 0.3) is 0 Å². The highest BCUT2D eigenvalue weighted by molar-refractivity contribution is 7.45. The fraction of sp³-hybridized carbons (Fsp3) is 0.789. The first-order chi connectivity index (χ1) is 39.0. The Balaban J connectivity index is 4.09. The van der Waals surface area contributed by atoms with E-state index in [4.69, 9.17) is 9.05 Å². The fourth-order valence-electron chi connectivity index (χ4n) is 9.91. The van der Waals surface area contributed by atoms with Crippen molar-refractivity contribution in [1.82, 2.24) is 5.32 Å². The van der Waals surface area contributed by atoms with Crippen molar-refractivity contribution >= 4 is 13.7 Å². The van der Waals surface area contributed by atoms with Crippen LogP contribution in [0.1, 0.15) is 309 Å². The van der Waals surface area contributed by atoms with Crippen molar-refractivity contribution in [1.29, 1.82) is 0 Å². The number of quaternary nitrogens is 1. The lowest BCUT2D eigenvalue weighted by atomic mass is 10.0. The highest BCUT2D eigenvalue weighted by Gasteiger charge is 2.24. The number of carbonyl (C=O) groups is 1. The molecule has 0 aliphatic heterocycles. The number of aliphatic hydroxyl groups excluding tert-OH is 1. The van der Waals surface area contributed by atoms with Gasteiger partial charge < -0.3 is 28.8 Å². The van der Waals surface area contributed by atoms with Crippen LogP contribution in [-0.2, 0) is 18.4 Å². The minimum Gasteiger partial charge on any atom is -0.756 e. The maximum Gasteiger partial charge on any atom is 0.268 e. The van der Waals surface area contributed by atoms with Gasteiger partial charge in [-0.15, -0.1) is 0 Å². The third kappa shape index (κ3) is 63.3. The second-order valence-electron chi connectivity index (χ2n) is 24.2. The van der Waals surface area contributed by atoms with E-state index in [-0.39, 0.29) is 19.1 Å². The van der Waals surface area contributed by atoms with Crippen molar-refractivity contribution in [3.63, 3.8) is 0 Å². The Labute approximate surface area is 497 Å². The fourth-order valence-corrected chi connectivity index (χ4v) is 10.6. The third-order valence-electron chi connectivity index (χ3n) is 15.1. The summed E-state index contributed by atoms with van der Waals surface area (Å²) >= 11 is 0. The number of nitrogens with one attached hydrogen (secondary N) is 1. The number of nitrogens with zero attached hydrogens (tertiary/aromatic N) is 1. The molecule has 466 valence electrons. The zero-order chi connectivity index (χ0) is 58.4. The molecule has 0 aromatic rings. The molecule has 0 fully saturated rings. The summed E-state index contributed by atoms with van der Waals surface area (Å²) < 4.78 is 23.5. The van der Waals surface area contributed by atoms with Crippen molar-refractivity contribution in [2.45, 2.75) is 321 Å². The number of aliphatic hydroxyl groups is 1. The first kappa shape index (κ1) is 77.7. The van der Waals surface area contributed by atoms with E-state index in [1.54, 1.807) is 0 Å². The van der Waals surface area contributed by atoms with Crippen LogP contribution >= 0.6 is 7.82 Å². The maximum atomic E-state index is 13.1. The van der Waals surface area contributed by atoms with Gasteiger partial charge in [0.1, 0.15) is 13.2 Å². The average molecular weight is 1140 g/mol. The number of hydrogen-bond acceptors (Lipinski definition) is 6. The quantitative estimate of drug-likeness (QED) is 0.0272. The minimum absolute atomic E-state index is 0.00909. The van der Waals surface area contributed by atoms with Crippen molar-refractivity contribution in [3.8, 4) is 0 Å².